The highest BCUT2D eigenvalue weighted by atomic mass is 16.5. The largest absolute Gasteiger partial charge is 0.493 e. The smallest absolute Gasteiger partial charge is 0.321 e. The fraction of sp³-hybridized carbons (Fsp3) is 0.318. The van der Waals surface area contributed by atoms with Crippen molar-refractivity contribution in [1.82, 2.24) is 15.0 Å². The van der Waals surface area contributed by atoms with Crippen molar-refractivity contribution in [2.24, 2.45) is 0 Å². The third kappa shape index (κ3) is 4.93. The Morgan fingerprint density at radius 1 is 1.24 bits per heavy atom. The van der Waals surface area contributed by atoms with Crippen molar-refractivity contribution in [3.8, 4) is 5.75 Å². The van der Waals surface area contributed by atoms with Crippen LogP contribution in [0.5, 0.6) is 5.75 Å². The number of carbonyl (C=O) groups excluding carboxylic acids is 1. The van der Waals surface area contributed by atoms with Crippen LogP contribution in [0.15, 0.2) is 59.1 Å². The van der Waals surface area contributed by atoms with Gasteiger partial charge in [-0.25, -0.2) is 4.79 Å². The Balaban J connectivity index is 1.27. The molecule has 0 bridgehead atoms. The van der Waals surface area contributed by atoms with Gasteiger partial charge in [0.1, 0.15) is 5.75 Å². The molecule has 2 heterocycles. The number of para-hydroxylation sites is 1. The lowest BCUT2D eigenvalue weighted by atomic mass is 10.1. The number of aromatic nitrogens is 2. The summed E-state index contributed by atoms with van der Waals surface area (Å²) in [7, 11) is 0. The molecular formula is C22H24N4O3. The highest BCUT2D eigenvalue weighted by Crippen LogP contribution is 2.26. The zero-order valence-corrected chi connectivity index (χ0v) is 16.4. The van der Waals surface area contributed by atoms with Crippen molar-refractivity contribution in [1.29, 1.82) is 0 Å². The number of benzene rings is 2. The first-order valence-electron chi connectivity index (χ1n) is 9.80. The number of nitrogens with one attached hydrogen (secondary N) is 1. The molecule has 1 aliphatic heterocycles. The Hall–Kier alpha value is -3.35. The summed E-state index contributed by atoms with van der Waals surface area (Å²) in [5, 5.41) is 6.97. The van der Waals surface area contributed by atoms with Crippen molar-refractivity contribution in [3.05, 3.63) is 71.9 Å². The summed E-state index contributed by atoms with van der Waals surface area (Å²) in [5.74, 6) is 2.12. The van der Waals surface area contributed by atoms with Crippen molar-refractivity contribution in [3.63, 3.8) is 0 Å². The molecule has 7 nitrogen and oxygen atoms in total. The summed E-state index contributed by atoms with van der Waals surface area (Å²) in [5.41, 5.74) is 1.95. The SMILES string of the molecule is Cc1cccc(OCCc2noc(C3CCN(C(=O)Nc4ccccc4)C3)n2)c1. The molecule has 1 saturated heterocycles. The van der Waals surface area contributed by atoms with E-state index >= 15 is 0 Å². The van der Waals surface area contributed by atoms with Crippen LogP contribution >= 0.6 is 0 Å². The summed E-state index contributed by atoms with van der Waals surface area (Å²) in [6, 6.07) is 17.3. The predicted molar refractivity (Wildman–Crippen MR) is 109 cm³/mol. The molecule has 0 radical (unpaired) electrons. The Morgan fingerprint density at radius 2 is 2.10 bits per heavy atom. The first kappa shape index (κ1) is 19.0. The standard InChI is InChI=1S/C22H24N4O3/c1-16-6-5-9-19(14-16)28-13-11-20-24-21(29-25-20)17-10-12-26(15-17)22(27)23-18-7-3-2-4-8-18/h2-9,14,17H,10-13,15H2,1H3,(H,23,27). The zero-order valence-electron chi connectivity index (χ0n) is 16.4. The number of nitrogens with zero attached hydrogens (tertiary/aromatic N) is 3. The minimum Gasteiger partial charge on any atom is -0.493 e. The number of rotatable bonds is 6. The van der Waals surface area contributed by atoms with Gasteiger partial charge in [0.05, 0.1) is 12.5 Å². The van der Waals surface area contributed by atoms with Crippen LogP contribution in [0.1, 0.15) is 29.6 Å². The summed E-state index contributed by atoms with van der Waals surface area (Å²) in [6.07, 6.45) is 1.38. The van der Waals surface area contributed by atoms with Crippen molar-refractivity contribution >= 4 is 11.7 Å². The number of ether oxygens (including phenoxy) is 1. The van der Waals surface area contributed by atoms with Crippen LogP contribution in [0, 0.1) is 6.92 Å². The van der Waals surface area contributed by atoms with Gasteiger partial charge in [-0.15, -0.1) is 0 Å². The second-order valence-electron chi connectivity index (χ2n) is 7.19. The van der Waals surface area contributed by atoms with E-state index in [0.717, 1.165) is 23.4 Å². The molecule has 0 spiro atoms. The van der Waals surface area contributed by atoms with Crippen molar-refractivity contribution in [2.75, 3.05) is 25.0 Å². The first-order chi connectivity index (χ1) is 14.2. The number of urea groups is 1. The fourth-order valence-electron chi connectivity index (χ4n) is 3.37. The topological polar surface area (TPSA) is 80.5 Å². The number of carbonyl (C=O) groups is 1. The Bertz CT molecular complexity index is 957. The van der Waals surface area contributed by atoms with Gasteiger partial charge in [0.25, 0.3) is 0 Å². The van der Waals surface area contributed by atoms with Gasteiger partial charge in [-0.3, -0.25) is 0 Å². The molecule has 2 amide bonds. The quantitative estimate of drug-likeness (QED) is 0.685. The highest BCUT2D eigenvalue weighted by Gasteiger charge is 2.31. The van der Waals surface area contributed by atoms with Gasteiger partial charge >= 0.3 is 6.03 Å². The van der Waals surface area contributed by atoms with E-state index in [1.54, 1.807) is 4.90 Å². The van der Waals surface area contributed by atoms with Crippen molar-refractivity contribution < 1.29 is 14.1 Å². The predicted octanol–water partition coefficient (Wildman–Crippen LogP) is 4.02. The fourth-order valence-corrected chi connectivity index (χ4v) is 3.37. The van der Waals surface area contributed by atoms with E-state index in [0.29, 0.717) is 37.8 Å². The summed E-state index contributed by atoms with van der Waals surface area (Å²) in [4.78, 5) is 18.7. The number of hydrogen-bond donors (Lipinski definition) is 1. The highest BCUT2D eigenvalue weighted by molar-refractivity contribution is 5.89. The molecule has 1 fully saturated rings. The molecule has 150 valence electrons. The second-order valence-corrected chi connectivity index (χ2v) is 7.19. The van der Waals surface area contributed by atoms with Crippen LogP contribution in [-0.4, -0.2) is 40.8 Å². The molecule has 1 N–H and O–H groups in total. The normalized spacial score (nSPS) is 16.0. The third-order valence-electron chi connectivity index (χ3n) is 4.92. The van der Waals surface area contributed by atoms with Crippen LogP contribution in [0.4, 0.5) is 10.5 Å². The van der Waals surface area contributed by atoms with Gasteiger partial charge in [-0.05, 0) is 43.2 Å². The number of amides is 2. The average Bonchev–Trinajstić information content (AvgIpc) is 3.38. The summed E-state index contributed by atoms with van der Waals surface area (Å²) < 4.78 is 11.2. The summed E-state index contributed by atoms with van der Waals surface area (Å²) >= 11 is 0. The van der Waals surface area contributed by atoms with Gasteiger partial charge in [0.2, 0.25) is 5.89 Å². The Labute approximate surface area is 169 Å². The molecule has 29 heavy (non-hydrogen) atoms. The van der Waals surface area contributed by atoms with E-state index in [2.05, 4.69) is 15.5 Å². The second kappa shape index (κ2) is 8.77. The first-order valence-corrected chi connectivity index (χ1v) is 9.80. The maximum absolute atomic E-state index is 12.4. The monoisotopic (exact) mass is 392 g/mol. The maximum Gasteiger partial charge on any atom is 0.321 e. The van der Waals surface area contributed by atoms with E-state index in [9.17, 15) is 4.79 Å². The number of hydrogen-bond acceptors (Lipinski definition) is 5. The lowest BCUT2D eigenvalue weighted by Gasteiger charge is -2.16. The molecule has 1 atom stereocenters. The Kier molecular flexibility index (Phi) is 5.74. The van der Waals surface area contributed by atoms with Crippen LogP contribution < -0.4 is 10.1 Å². The van der Waals surface area contributed by atoms with E-state index in [1.807, 2.05) is 61.5 Å². The van der Waals surface area contributed by atoms with E-state index in [1.165, 1.54) is 0 Å². The average molecular weight is 392 g/mol. The van der Waals surface area contributed by atoms with E-state index in [4.69, 9.17) is 9.26 Å². The van der Waals surface area contributed by atoms with Crippen molar-refractivity contribution in [2.45, 2.75) is 25.7 Å². The lowest BCUT2D eigenvalue weighted by Crippen LogP contribution is -2.32. The molecule has 1 aliphatic rings. The molecule has 1 unspecified atom stereocenters. The Morgan fingerprint density at radius 3 is 2.93 bits per heavy atom. The van der Waals surface area contributed by atoms with Crippen LogP contribution in [0.25, 0.3) is 0 Å². The van der Waals surface area contributed by atoms with E-state index in [-0.39, 0.29) is 11.9 Å². The number of anilines is 1. The van der Waals surface area contributed by atoms with Gasteiger partial charge < -0.3 is 19.5 Å². The van der Waals surface area contributed by atoms with Gasteiger partial charge in [0, 0.05) is 25.2 Å². The van der Waals surface area contributed by atoms with Gasteiger partial charge in [-0.1, -0.05) is 35.5 Å². The van der Waals surface area contributed by atoms with Crippen LogP contribution in [0.3, 0.4) is 0 Å². The minimum absolute atomic E-state index is 0.0652. The van der Waals surface area contributed by atoms with Crippen LogP contribution in [0.2, 0.25) is 0 Å². The minimum atomic E-state index is -0.106. The number of likely N-dealkylation sites (tertiary alicyclic amines) is 1. The maximum atomic E-state index is 12.4. The molecule has 0 aliphatic carbocycles. The van der Waals surface area contributed by atoms with Gasteiger partial charge in [0.15, 0.2) is 5.82 Å². The third-order valence-corrected chi connectivity index (χ3v) is 4.92. The summed E-state index contributed by atoms with van der Waals surface area (Å²) in [6.45, 7) is 3.75. The molecule has 1 aromatic heterocycles. The molecule has 7 heteroatoms. The number of aryl methyl sites for hydroxylation is 1. The zero-order chi connectivity index (χ0) is 20.1. The van der Waals surface area contributed by atoms with Gasteiger partial charge in [-0.2, -0.15) is 4.98 Å². The molecule has 3 aromatic rings. The van der Waals surface area contributed by atoms with E-state index < -0.39 is 0 Å². The molecule has 4 rings (SSSR count). The molecule has 2 aromatic carbocycles. The van der Waals surface area contributed by atoms with Crippen LogP contribution in [-0.2, 0) is 6.42 Å². The lowest BCUT2D eigenvalue weighted by molar-refractivity contribution is 0.221. The molecular weight excluding hydrogens is 368 g/mol. The molecule has 0 saturated carbocycles.